The number of benzene rings is 1. The van der Waals surface area contributed by atoms with Crippen LogP contribution in [0.4, 0.5) is 11.5 Å². The van der Waals surface area contributed by atoms with Crippen LogP contribution < -0.4 is 10.2 Å². The van der Waals surface area contributed by atoms with Gasteiger partial charge in [0.25, 0.3) is 5.95 Å². The third-order valence-corrected chi connectivity index (χ3v) is 6.08. The first kappa shape index (κ1) is 23.8. The first-order chi connectivity index (χ1) is 17.5. The molecule has 5 rings (SSSR count). The van der Waals surface area contributed by atoms with Gasteiger partial charge in [-0.2, -0.15) is 15.1 Å². The number of aromatic nitrogens is 6. The standard InChI is InChI=1S/C23H26N8O5/c1-2-29(13-33)15-9-26-31(10-15)23-27-20(24-8-14-6-4-3-5-7-14)17-21(28-23)30(12-25-17)22-19(35)18(34)16(11-32)36-22/h3-7,9-10,12-13,16,18-19,22,32,34-35H,2,8,11H2,1H3,(H,24,27,28)/t16-,18-,19-,22-/m1/s1. The Kier molecular flexibility index (Phi) is 6.61. The molecule has 13 heteroatoms. The third kappa shape index (κ3) is 4.28. The number of amides is 1. The minimum Gasteiger partial charge on any atom is -0.394 e. The number of carbonyl (C=O) groups is 1. The number of rotatable bonds is 9. The second kappa shape index (κ2) is 9.99. The Labute approximate surface area is 205 Å². The number of hydrogen-bond donors (Lipinski definition) is 4. The van der Waals surface area contributed by atoms with E-state index in [1.54, 1.807) is 6.20 Å². The van der Waals surface area contributed by atoms with Crippen LogP contribution in [0, 0.1) is 0 Å². The van der Waals surface area contributed by atoms with Gasteiger partial charge in [-0.15, -0.1) is 0 Å². The van der Waals surface area contributed by atoms with Gasteiger partial charge in [-0.1, -0.05) is 30.3 Å². The van der Waals surface area contributed by atoms with Crippen LogP contribution in [0.3, 0.4) is 0 Å². The molecule has 4 heterocycles. The summed E-state index contributed by atoms with van der Waals surface area (Å²) in [6, 6.07) is 9.75. The molecular weight excluding hydrogens is 468 g/mol. The average Bonchev–Trinajstić information content (AvgIpc) is 3.62. The average molecular weight is 495 g/mol. The Bertz CT molecular complexity index is 1340. The van der Waals surface area contributed by atoms with E-state index in [0.29, 0.717) is 35.8 Å². The number of fused-ring (bicyclic) bond motifs is 1. The predicted octanol–water partition coefficient (Wildman–Crippen LogP) is 0.218. The zero-order valence-corrected chi connectivity index (χ0v) is 19.4. The quantitative estimate of drug-likeness (QED) is 0.237. The molecule has 3 aromatic heterocycles. The van der Waals surface area contributed by atoms with Crippen LogP contribution in [0.25, 0.3) is 17.1 Å². The van der Waals surface area contributed by atoms with Gasteiger partial charge < -0.3 is 30.3 Å². The molecule has 1 aliphatic rings. The fraction of sp³-hybridized carbons (Fsp3) is 0.348. The van der Waals surface area contributed by atoms with Crippen LogP contribution in [-0.4, -0.2) is 82.5 Å². The SMILES string of the molecule is CCN(C=O)c1cnn(-c2nc(NCc3ccccc3)c3ncn([C@@H]4O[C@H](CO)[C@@H](O)[C@H]4O)c3n2)c1. The van der Waals surface area contributed by atoms with E-state index in [4.69, 9.17) is 4.74 Å². The number of hydrogen-bond acceptors (Lipinski definition) is 10. The summed E-state index contributed by atoms with van der Waals surface area (Å²) in [5, 5.41) is 37.9. The Balaban J connectivity index is 1.58. The summed E-state index contributed by atoms with van der Waals surface area (Å²) in [6.07, 6.45) is 0.778. The van der Waals surface area contributed by atoms with Crippen molar-refractivity contribution in [1.29, 1.82) is 0 Å². The van der Waals surface area contributed by atoms with Crippen LogP contribution in [0.5, 0.6) is 0 Å². The van der Waals surface area contributed by atoms with Crippen molar-refractivity contribution in [3.63, 3.8) is 0 Å². The van der Waals surface area contributed by atoms with Crippen molar-refractivity contribution in [2.24, 2.45) is 0 Å². The molecule has 0 spiro atoms. The van der Waals surface area contributed by atoms with Gasteiger partial charge in [0.05, 0.1) is 31.0 Å². The van der Waals surface area contributed by atoms with Crippen LogP contribution in [0.1, 0.15) is 18.7 Å². The van der Waals surface area contributed by atoms with Gasteiger partial charge in [-0.25, -0.2) is 9.67 Å². The van der Waals surface area contributed by atoms with E-state index < -0.39 is 31.1 Å². The number of ether oxygens (including phenoxy) is 1. The van der Waals surface area contributed by atoms with Crippen LogP contribution in [0.15, 0.2) is 49.1 Å². The minimum atomic E-state index is -1.30. The van der Waals surface area contributed by atoms with Gasteiger partial charge >= 0.3 is 0 Å². The first-order valence-electron chi connectivity index (χ1n) is 11.5. The molecule has 0 aliphatic carbocycles. The molecule has 1 fully saturated rings. The zero-order chi connectivity index (χ0) is 25.2. The Morgan fingerprint density at radius 3 is 2.69 bits per heavy atom. The fourth-order valence-electron chi connectivity index (χ4n) is 4.10. The topological polar surface area (TPSA) is 164 Å². The Morgan fingerprint density at radius 2 is 2.00 bits per heavy atom. The van der Waals surface area contributed by atoms with Crippen LogP contribution in [0.2, 0.25) is 0 Å². The highest BCUT2D eigenvalue weighted by Crippen LogP contribution is 2.32. The molecule has 1 aromatic carbocycles. The number of imidazole rings is 1. The van der Waals surface area contributed by atoms with Crippen molar-refractivity contribution < 1.29 is 24.9 Å². The summed E-state index contributed by atoms with van der Waals surface area (Å²) >= 11 is 0. The number of anilines is 2. The second-order valence-corrected chi connectivity index (χ2v) is 8.30. The predicted molar refractivity (Wildman–Crippen MR) is 128 cm³/mol. The lowest BCUT2D eigenvalue weighted by molar-refractivity contribution is -0.107. The summed E-state index contributed by atoms with van der Waals surface area (Å²) < 4.78 is 8.62. The van der Waals surface area contributed by atoms with Gasteiger partial charge in [0.15, 0.2) is 23.2 Å². The molecule has 0 radical (unpaired) electrons. The minimum absolute atomic E-state index is 0.194. The molecule has 1 amide bonds. The van der Waals surface area contributed by atoms with Crippen LogP contribution in [-0.2, 0) is 16.1 Å². The molecule has 1 saturated heterocycles. The van der Waals surface area contributed by atoms with E-state index in [1.165, 1.54) is 26.7 Å². The van der Waals surface area contributed by atoms with Crippen molar-refractivity contribution in [3.8, 4) is 5.95 Å². The molecule has 13 nitrogen and oxygen atoms in total. The van der Waals surface area contributed by atoms with E-state index in [2.05, 4.69) is 25.4 Å². The van der Waals surface area contributed by atoms with Gasteiger partial charge in [-0.3, -0.25) is 9.36 Å². The van der Waals surface area contributed by atoms with E-state index >= 15 is 0 Å². The van der Waals surface area contributed by atoms with Crippen molar-refractivity contribution in [3.05, 3.63) is 54.6 Å². The molecule has 0 saturated carbocycles. The maximum absolute atomic E-state index is 11.4. The number of aliphatic hydroxyl groups is 3. The number of nitrogens with zero attached hydrogens (tertiary/aromatic N) is 7. The lowest BCUT2D eigenvalue weighted by atomic mass is 10.1. The maximum atomic E-state index is 11.4. The second-order valence-electron chi connectivity index (χ2n) is 8.30. The summed E-state index contributed by atoms with van der Waals surface area (Å²) in [7, 11) is 0. The van der Waals surface area contributed by atoms with Gasteiger partial charge in [0, 0.05) is 13.1 Å². The highest BCUT2D eigenvalue weighted by atomic mass is 16.6. The fourth-order valence-corrected chi connectivity index (χ4v) is 4.10. The smallest absolute Gasteiger partial charge is 0.254 e. The Hall–Kier alpha value is -3.91. The van der Waals surface area contributed by atoms with Gasteiger partial charge in [0.2, 0.25) is 6.41 Å². The first-order valence-corrected chi connectivity index (χ1v) is 11.5. The Morgan fingerprint density at radius 1 is 1.19 bits per heavy atom. The third-order valence-electron chi connectivity index (χ3n) is 6.08. The summed E-state index contributed by atoms with van der Waals surface area (Å²) in [6.45, 7) is 2.33. The summed E-state index contributed by atoms with van der Waals surface area (Å²) in [4.78, 5) is 26.5. The van der Waals surface area contributed by atoms with Crippen molar-refractivity contribution in [1.82, 2.24) is 29.3 Å². The van der Waals surface area contributed by atoms with Gasteiger partial charge in [-0.05, 0) is 12.5 Å². The zero-order valence-electron chi connectivity index (χ0n) is 19.4. The molecule has 188 valence electrons. The van der Waals surface area contributed by atoms with Crippen molar-refractivity contribution in [2.45, 2.75) is 38.0 Å². The molecule has 0 unspecified atom stereocenters. The number of carbonyl (C=O) groups excluding carboxylic acids is 1. The molecule has 36 heavy (non-hydrogen) atoms. The van der Waals surface area contributed by atoms with Crippen molar-refractivity contribution >= 4 is 29.1 Å². The normalized spacial score (nSPS) is 21.7. The van der Waals surface area contributed by atoms with E-state index in [-0.39, 0.29) is 5.95 Å². The lowest BCUT2D eigenvalue weighted by Crippen LogP contribution is -2.33. The molecule has 0 bridgehead atoms. The summed E-state index contributed by atoms with van der Waals surface area (Å²) in [5.41, 5.74) is 2.35. The van der Waals surface area contributed by atoms with Gasteiger partial charge in [0.1, 0.15) is 18.3 Å². The highest BCUT2D eigenvalue weighted by molar-refractivity contribution is 5.84. The van der Waals surface area contributed by atoms with Crippen molar-refractivity contribution in [2.75, 3.05) is 23.4 Å². The number of aliphatic hydroxyl groups excluding tert-OH is 3. The van der Waals surface area contributed by atoms with Crippen LogP contribution >= 0.6 is 0 Å². The summed E-state index contributed by atoms with van der Waals surface area (Å²) in [5.74, 6) is 0.615. The highest BCUT2D eigenvalue weighted by Gasteiger charge is 2.44. The largest absolute Gasteiger partial charge is 0.394 e. The molecule has 4 N–H and O–H groups in total. The maximum Gasteiger partial charge on any atom is 0.254 e. The molecule has 4 aromatic rings. The molecule has 4 atom stereocenters. The molecule has 1 aliphatic heterocycles. The lowest BCUT2D eigenvalue weighted by Gasteiger charge is -2.17. The monoisotopic (exact) mass is 494 g/mol. The van der Waals surface area contributed by atoms with E-state index in [9.17, 15) is 20.1 Å². The number of nitrogens with one attached hydrogen (secondary N) is 1. The van der Waals surface area contributed by atoms with E-state index in [1.807, 2.05) is 37.3 Å². The molecular formula is C23H26N8O5. The van der Waals surface area contributed by atoms with E-state index in [0.717, 1.165) is 12.0 Å².